The van der Waals surface area contributed by atoms with Crippen LogP contribution in [0, 0.1) is 11.6 Å². The zero-order chi connectivity index (χ0) is 25.5. The average Bonchev–Trinajstić information content (AvgIpc) is 2.86. The maximum atomic E-state index is 14.4. The number of oxime groups is 1. The molecule has 0 atom stereocenters. The first kappa shape index (κ1) is 25.3. The van der Waals surface area contributed by atoms with Crippen LogP contribution in [0.4, 0.5) is 8.78 Å². The normalized spacial score (nSPS) is 14.9. The second kappa shape index (κ2) is 11.8. The number of rotatable bonds is 9. The highest BCUT2D eigenvalue weighted by atomic mass is 19.1. The average molecular weight is 500 g/mol. The first-order chi connectivity index (χ1) is 17.4. The number of ether oxygens (including phenoxy) is 1. The molecule has 1 fully saturated rings. The fourth-order valence-corrected chi connectivity index (χ4v) is 4.04. The number of carbonyl (C=O) groups excluding carboxylic acids is 1. The first-order valence-corrected chi connectivity index (χ1v) is 11.7. The number of hydrogen-bond donors (Lipinski definition) is 1. The molecule has 190 valence electrons. The standard InChI is InChI=1S/C26H27F2N3O5/c1-2-35-29-9-12-34-23-6-3-17(13-21(23)28)16-31-10-7-19(8-11-31)30-26(33)25-15-22(32)20-5-4-18(27)14-24(20)36-25/h3-6,9,13-15,19H,2,7-8,10-12,16H2,1H3,(H,30,33). The van der Waals surface area contributed by atoms with Gasteiger partial charge in [-0.15, -0.1) is 0 Å². The number of likely N-dealkylation sites (tertiary alicyclic amines) is 1. The third kappa shape index (κ3) is 6.45. The molecule has 1 N–H and O–H groups in total. The number of piperidine rings is 1. The highest BCUT2D eigenvalue weighted by Gasteiger charge is 2.23. The van der Waals surface area contributed by atoms with E-state index in [0.717, 1.165) is 17.7 Å². The maximum absolute atomic E-state index is 14.4. The van der Waals surface area contributed by atoms with Crippen molar-refractivity contribution in [2.45, 2.75) is 32.4 Å². The molecule has 0 unspecified atom stereocenters. The Labute approximate surface area is 206 Å². The molecule has 1 amide bonds. The molecule has 0 radical (unpaired) electrons. The lowest BCUT2D eigenvalue weighted by Gasteiger charge is -2.32. The third-order valence-corrected chi connectivity index (χ3v) is 5.83. The van der Waals surface area contributed by atoms with E-state index >= 15 is 0 Å². The lowest BCUT2D eigenvalue weighted by molar-refractivity contribution is 0.0881. The molecule has 0 aliphatic carbocycles. The molecule has 36 heavy (non-hydrogen) atoms. The van der Waals surface area contributed by atoms with Gasteiger partial charge >= 0.3 is 0 Å². The van der Waals surface area contributed by atoms with Crippen LogP contribution in [0.3, 0.4) is 0 Å². The smallest absolute Gasteiger partial charge is 0.287 e. The van der Waals surface area contributed by atoms with Crippen molar-refractivity contribution >= 4 is 23.1 Å². The van der Waals surface area contributed by atoms with Crippen molar-refractivity contribution in [3.8, 4) is 5.75 Å². The van der Waals surface area contributed by atoms with Gasteiger partial charge in [-0.05, 0) is 49.6 Å². The molecule has 4 rings (SSSR count). The molecule has 2 aromatic carbocycles. The van der Waals surface area contributed by atoms with Gasteiger partial charge in [-0.1, -0.05) is 11.2 Å². The van der Waals surface area contributed by atoms with Crippen molar-refractivity contribution in [2.24, 2.45) is 5.16 Å². The van der Waals surface area contributed by atoms with Crippen LogP contribution in [0.1, 0.15) is 35.9 Å². The van der Waals surface area contributed by atoms with Gasteiger partial charge in [0.25, 0.3) is 5.91 Å². The fourth-order valence-electron chi connectivity index (χ4n) is 4.04. The predicted molar refractivity (Wildman–Crippen MR) is 130 cm³/mol. The summed E-state index contributed by atoms with van der Waals surface area (Å²) < 4.78 is 38.7. The number of halogens is 2. The summed E-state index contributed by atoms with van der Waals surface area (Å²) in [4.78, 5) is 31.9. The highest BCUT2D eigenvalue weighted by molar-refractivity contribution is 5.93. The number of fused-ring (bicyclic) bond motifs is 1. The van der Waals surface area contributed by atoms with E-state index in [0.29, 0.717) is 39.1 Å². The van der Waals surface area contributed by atoms with E-state index in [2.05, 4.69) is 15.4 Å². The monoisotopic (exact) mass is 499 g/mol. The van der Waals surface area contributed by atoms with Crippen LogP contribution in [-0.4, -0.2) is 49.4 Å². The second-order valence-corrected chi connectivity index (χ2v) is 8.42. The van der Waals surface area contributed by atoms with E-state index in [1.165, 1.54) is 24.4 Å². The summed E-state index contributed by atoms with van der Waals surface area (Å²) in [6, 6.07) is 9.47. The molecular formula is C26H27F2N3O5. The minimum Gasteiger partial charge on any atom is -0.485 e. The van der Waals surface area contributed by atoms with Crippen LogP contribution in [0.2, 0.25) is 0 Å². The molecule has 0 bridgehead atoms. The van der Waals surface area contributed by atoms with Crippen LogP contribution in [0.5, 0.6) is 5.75 Å². The van der Waals surface area contributed by atoms with E-state index in [9.17, 15) is 18.4 Å². The van der Waals surface area contributed by atoms with Crippen molar-refractivity contribution in [1.29, 1.82) is 0 Å². The minimum absolute atomic E-state index is 0.0322. The first-order valence-electron chi connectivity index (χ1n) is 11.7. The largest absolute Gasteiger partial charge is 0.485 e. The van der Waals surface area contributed by atoms with Crippen molar-refractivity contribution < 1.29 is 27.6 Å². The van der Waals surface area contributed by atoms with Crippen LogP contribution in [0.25, 0.3) is 11.0 Å². The molecule has 2 heterocycles. The number of nitrogens with one attached hydrogen (secondary N) is 1. The predicted octanol–water partition coefficient (Wildman–Crippen LogP) is 3.87. The van der Waals surface area contributed by atoms with Gasteiger partial charge in [-0.3, -0.25) is 14.5 Å². The van der Waals surface area contributed by atoms with E-state index in [1.807, 2.05) is 13.0 Å². The van der Waals surface area contributed by atoms with Crippen LogP contribution in [-0.2, 0) is 11.4 Å². The van der Waals surface area contributed by atoms with Gasteiger partial charge in [0.2, 0.25) is 0 Å². The van der Waals surface area contributed by atoms with Crippen LogP contribution < -0.4 is 15.5 Å². The molecule has 3 aromatic rings. The Morgan fingerprint density at radius 1 is 1.19 bits per heavy atom. The summed E-state index contributed by atoms with van der Waals surface area (Å²) >= 11 is 0. The minimum atomic E-state index is -0.551. The quantitative estimate of drug-likeness (QED) is 0.355. The molecule has 0 saturated carbocycles. The number of nitrogens with zero attached hydrogens (tertiary/aromatic N) is 2. The number of amides is 1. The Balaban J connectivity index is 1.27. The summed E-state index contributed by atoms with van der Waals surface area (Å²) in [5, 5.41) is 6.75. The zero-order valence-corrected chi connectivity index (χ0v) is 19.8. The van der Waals surface area contributed by atoms with Gasteiger partial charge in [0.1, 0.15) is 24.6 Å². The van der Waals surface area contributed by atoms with Crippen LogP contribution in [0.15, 0.2) is 56.8 Å². The Hall–Kier alpha value is -3.79. The number of hydrogen-bond acceptors (Lipinski definition) is 7. The van der Waals surface area contributed by atoms with Crippen molar-refractivity contribution in [3.63, 3.8) is 0 Å². The van der Waals surface area contributed by atoms with Gasteiger partial charge in [0.05, 0.1) is 11.6 Å². The van der Waals surface area contributed by atoms with Gasteiger partial charge in [0.15, 0.2) is 22.8 Å². The molecule has 1 aliphatic heterocycles. The molecule has 10 heteroatoms. The van der Waals surface area contributed by atoms with Crippen molar-refractivity contribution in [3.05, 3.63) is 75.6 Å². The van der Waals surface area contributed by atoms with Gasteiger partial charge in [-0.2, -0.15) is 0 Å². The van der Waals surface area contributed by atoms with Gasteiger partial charge < -0.3 is 19.3 Å². The summed E-state index contributed by atoms with van der Waals surface area (Å²) in [6.07, 6.45) is 2.79. The maximum Gasteiger partial charge on any atom is 0.287 e. The third-order valence-electron chi connectivity index (χ3n) is 5.83. The van der Waals surface area contributed by atoms with E-state index in [1.54, 1.807) is 6.07 Å². The second-order valence-electron chi connectivity index (χ2n) is 8.42. The highest BCUT2D eigenvalue weighted by Crippen LogP contribution is 2.21. The summed E-state index contributed by atoms with van der Waals surface area (Å²) in [5.74, 6) is -1.52. The molecule has 1 aromatic heterocycles. The Morgan fingerprint density at radius 3 is 2.75 bits per heavy atom. The molecule has 0 spiro atoms. The molecular weight excluding hydrogens is 472 g/mol. The summed E-state index contributed by atoms with van der Waals surface area (Å²) in [6.45, 7) is 4.33. The van der Waals surface area contributed by atoms with Crippen molar-refractivity contribution in [1.82, 2.24) is 10.2 Å². The van der Waals surface area contributed by atoms with Crippen LogP contribution >= 0.6 is 0 Å². The number of benzene rings is 2. The Kier molecular flexibility index (Phi) is 8.27. The van der Waals surface area contributed by atoms with E-state index in [-0.39, 0.29) is 35.1 Å². The van der Waals surface area contributed by atoms with E-state index < -0.39 is 23.0 Å². The zero-order valence-electron chi connectivity index (χ0n) is 19.8. The Bertz CT molecular complexity index is 1300. The van der Waals surface area contributed by atoms with Gasteiger partial charge in [0, 0.05) is 37.8 Å². The molecule has 1 aliphatic rings. The SMILES string of the molecule is CCON=CCOc1ccc(CN2CCC(NC(=O)c3cc(=O)c4ccc(F)cc4o3)CC2)cc1F. The van der Waals surface area contributed by atoms with Crippen molar-refractivity contribution in [2.75, 3.05) is 26.3 Å². The fraction of sp³-hybridized carbons (Fsp3) is 0.346. The lowest BCUT2D eigenvalue weighted by atomic mass is 10.0. The summed E-state index contributed by atoms with van der Waals surface area (Å²) in [5.41, 5.74) is 0.443. The van der Waals surface area contributed by atoms with Gasteiger partial charge in [-0.25, -0.2) is 8.78 Å². The topological polar surface area (TPSA) is 93.4 Å². The lowest BCUT2D eigenvalue weighted by Crippen LogP contribution is -2.44. The molecule has 8 nitrogen and oxygen atoms in total. The number of carbonyl (C=O) groups is 1. The van der Waals surface area contributed by atoms with E-state index in [4.69, 9.17) is 14.0 Å². The molecule has 1 saturated heterocycles. The summed E-state index contributed by atoms with van der Waals surface area (Å²) in [7, 11) is 0. The Morgan fingerprint density at radius 2 is 2.00 bits per heavy atom.